The molecule has 5 nitrogen and oxygen atoms in total. The van der Waals surface area contributed by atoms with Crippen LogP contribution >= 0.6 is 0 Å². The van der Waals surface area contributed by atoms with Gasteiger partial charge in [-0.05, 0) is 31.9 Å². The van der Waals surface area contributed by atoms with Crippen LogP contribution in [0.4, 0.5) is 11.5 Å². The molecule has 0 saturated carbocycles. The van der Waals surface area contributed by atoms with Gasteiger partial charge in [0.1, 0.15) is 5.56 Å². The van der Waals surface area contributed by atoms with Crippen LogP contribution in [0.5, 0.6) is 0 Å². The van der Waals surface area contributed by atoms with E-state index in [1.807, 2.05) is 32.0 Å². The largest absolute Gasteiger partial charge is 0.477 e. The van der Waals surface area contributed by atoms with E-state index in [1.165, 1.54) is 0 Å². The van der Waals surface area contributed by atoms with Gasteiger partial charge in [0.15, 0.2) is 5.82 Å². The number of H-pyrrole nitrogens is 1. The average molecular weight is 245 g/mol. The zero-order valence-electron chi connectivity index (χ0n) is 10.5. The molecule has 0 spiro atoms. The monoisotopic (exact) mass is 245 g/mol. The number of nitrogens with one attached hydrogen (secondary N) is 2. The number of benzene rings is 1. The zero-order valence-corrected chi connectivity index (χ0v) is 10.5. The van der Waals surface area contributed by atoms with E-state index >= 15 is 0 Å². The standard InChI is InChI=1S/C13H15N3O2/c1-7-5-4-6-8(2)11(7)14-12-10(13(17)18)9(3)15-16-12/h4-6H,1-3H3,(H,17,18)(H2,14,15,16). The normalized spacial score (nSPS) is 10.4. The van der Waals surface area contributed by atoms with Crippen LogP contribution in [0, 0.1) is 20.8 Å². The van der Waals surface area contributed by atoms with Crippen LogP contribution in [0.15, 0.2) is 18.2 Å². The first-order valence-electron chi connectivity index (χ1n) is 5.62. The number of hydrogen-bond donors (Lipinski definition) is 3. The Morgan fingerprint density at radius 3 is 2.44 bits per heavy atom. The first kappa shape index (κ1) is 12.2. The molecule has 0 amide bonds. The highest BCUT2D eigenvalue weighted by atomic mass is 16.4. The van der Waals surface area contributed by atoms with E-state index in [9.17, 15) is 4.79 Å². The highest BCUT2D eigenvalue weighted by molar-refractivity contribution is 5.95. The Morgan fingerprint density at radius 2 is 1.89 bits per heavy atom. The molecule has 0 aliphatic rings. The third-order valence-corrected chi connectivity index (χ3v) is 2.89. The predicted molar refractivity (Wildman–Crippen MR) is 69.5 cm³/mol. The minimum Gasteiger partial charge on any atom is -0.477 e. The van der Waals surface area contributed by atoms with E-state index in [0.717, 1.165) is 16.8 Å². The third kappa shape index (κ3) is 2.07. The minimum absolute atomic E-state index is 0.178. The average Bonchev–Trinajstić information content (AvgIpc) is 2.65. The molecule has 1 aromatic heterocycles. The van der Waals surface area contributed by atoms with Crippen LogP contribution in [0.25, 0.3) is 0 Å². The minimum atomic E-state index is -0.991. The summed E-state index contributed by atoms with van der Waals surface area (Å²) in [5.41, 5.74) is 3.71. The number of para-hydroxylation sites is 1. The van der Waals surface area contributed by atoms with Crippen molar-refractivity contribution in [3.63, 3.8) is 0 Å². The number of anilines is 2. The van der Waals surface area contributed by atoms with E-state index in [-0.39, 0.29) is 5.56 Å². The van der Waals surface area contributed by atoms with Crippen molar-refractivity contribution < 1.29 is 9.90 Å². The summed E-state index contributed by atoms with van der Waals surface area (Å²) in [5.74, 6) is -0.646. The van der Waals surface area contributed by atoms with Crippen LogP contribution in [0.3, 0.4) is 0 Å². The topological polar surface area (TPSA) is 78.0 Å². The van der Waals surface area contributed by atoms with Gasteiger partial charge in [-0.15, -0.1) is 0 Å². The van der Waals surface area contributed by atoms with Crippen molar-refractivity contribution in [3.8, 4) is 0 Å². The van der Waals surface area contributed by atoms with Gasteiger partial charge >= 0.3 is 5.97 Å². The molecule has 94 valence electrons. The van der Waals surface area contributed by atoms with Crippen LogP contribution in [-0.4, -0.2) is 21.3 Å². The molecule has 3 N–H and O–H groups in total. The summed E-state index contributed by atoms with van der Waals surface area (Å²) in [5, 5.41) is 18.9. The second-order valence-electron chi connectivity index (χ2n) is 4.27. The van der Waals surface area contributed by atoms with Crippen molar-refractivity contribution in [1.29, 1.82) is 0 Å². The number of aromatic carboxylic acids is 1. The molecular weight excluding hydrogens is 230 g/mol. The number of nitrogens with zero attached hydrogens (tertiary/aromatic N) is 1. The fourth-order valence-corrected chi connectivity index (χ4v) is 1.91. The second-order valence-corrected chi connectivity index (χ2v) is 4.27. The van der Waals surface area contributed by atoms with Gasteiger partial charge in [-0.25, -0.2) is 4.79 Å². The SMILES string of the molecule is Cc1cccc(C)c1Nc1n[nH]c(C)c1C(=O)O. The summed E-state index contributed by atoms with van der Waals surface area (Å²) >= 11 is 0. The molecular formula is C13H15N3O2. The van der Waals surface area contributed by atoms with Gasteiger partial charge in [-0.1, -0.05) is 18.2 Å². The van der Waals surface area contributed by atoms with Gasteiger partial charge < -0.3 is 10.4 Å². The fourth-order valence-electron chi connectivity index (χ4n) is 1.91. The van der Waals surface area contributed by atoms with Crippen molar-refractivity contribution in [2.75, 3.05) is 5.32 Å². The molecule has 0 fully saturated rings. The van der Waals surface area contributed by atoms with Gasteiger partial charge in [0.2, 0.25) is 0 Å². The second kappa shape index (κ2) is 4.52. The Morgan fingerprint density at radius 1 is 1.28 bits per heavy atom. The van der Waals surface area contributed by atoms with Gasteiger partial charge in [0.05, 0.1) is 0 Å². The van der Waals surface area contributed by atoms with E-state index < -0.39 is 5.97 Å². The van der Waals surface area contributed by atoms with E-state index in [1.54, 1.807) is 6.92 Å². The van der Waals surface area contributed by atoms with Crippen molar-refractivity contribution in [2.24, 2.45) is 0 Å². The van der Waals surface area contributed by atoms with E-state index in [0.29, 0.717) is 11.5 Å². The van der Waals surface area contributed by atoms with Gasteiger partial charge in [-0.2, -0.15) is 5.10 Å². The molecule has 0 aliphatic carbocycles. The molecule has 0 atom stereocenters. The van der Waals surface area contributed by atoms with E-state index in [2.05, 4.69) is 15.5 Å². The summed E-state index contributed by atoms with van der Waals surface area (Å²) in [7, 11) is 0. The number of aromatic amines is 1. The van der Waals surface area contributed by atoms with Crippen molar-refractivity contribution in [2.45, 2.75) is 20.8 Å². The predicted octanol–water partition coefficient (Wildman–Crippen LogP) is 2.78. The van der Waals surface area contributed by atoms with E-state index in [4.69, 9.17) is 5.11 Å². The van der Waals surface area contributed by atoms with Gasteiger partial charge in [-0.3, -0.25) is 5.10 Å². The lowest BCUT2D eigenvalue weighted by atomic mass is 10.1. The Labute approximate surface area is 105 Å². The highest BCUT2D eigenvalue weighted by Crippen LogP contribution is 2.26. The third-order valence-electron chi connectivity index (χ3n) is 2.89. The highest BCUT2D eigenvalue weighted by Gasteiger charge is 2.18. The molecule has 0 unspecified atom stereocenters. The molecule has 1 aromatic carbocycles. The van der Waals surface area contributed by atoms with Crippen LogP contribution < -0.4 is 5.32 Å². The van der Waals surface area contributed by atoms with Gasteiger partial charge in [0.25, 0.3) is 0 Å². The summed E-state index contributed by atoms with van der Waals surface area (Å²) in [6, 6.07) is 5.90. The number of aryl methyl sites for hydroxylation is 3. The molecule has 0 bridgehead atoms. The van der Waals surface area contributed by atoms with Crippen LogP contribution in [-0.2, 0) is 0 Å². The Balaban J connectivity index is 2.44. The number of carboxylic acids is 1. The van der Waals surface area contributed by atoms with Crippen LogP contribution in [0.2, 0.25) is 0 Å². The number of carbonyl (C=O) groups is 1. The lowest BCUT2D eigenvalue weighted by molar-refractivity contribution is 0.0697. The smallest absolute Gasteiger partial charge is 0.341 e. The lowest BCUT2D eigenvalue weighted by Crippen LogP contribution is -2.04. The summed E-state index contributed by atoms with van der Waals surface area (Å²) < 4.78 is 0. The fraction of sp³-hybridized carbons (Fsp3) is 0.231. The quantitative estimate of drug-likeness (QED) is 0.777. The molecule has 5 heteroatoms. The number of hydrogen-bond acceptors (Lipinski definition) is 3. The van der Waals surface area contributed by atoms with Gasteiger partial charge in [0, 0.05) is 11.4 Å². The molecule has 0 radical (unpaired) electrons. The maximum Gasteiger partial charge on any atom is 0.341 e. The maximum atomic E-state index is 11.2. The molecule has 0 aliphatic heterocycles. The summed E-state index contributed by atoms with van der Waals surface area (Å²) in [4.78, 5) is 11.2. The zero-order chi connectivity index (χ0) is 13.3. The Kier molecular flexibility index (Phi) is 3.06. The van der Waals surface area contributed by atoms with Crippen molar-refractivity contribution in [1.82, 2.24) is 10.2 Å². The molecule has 18 heavy (non-hydrogen) atoms. The number of carboxylic acid groups (broad SMARTS) is 1. The van der Waals surface area contributed by atoms with Crippen LogP contribution in [0.1, 0.15) is 27.2 Å². The Hall–Kier alpha value is -2.30. The summed E-state index contributed by atoms with van der Waals surface area (Å²) in [6.07, 6.45) is 0. The Bertz CT molecular complexity index is 582. The van der Waals surface area contributed by atoms with Crippen molar-refractivity contribution in [3.05, 3.63) is 40.6 Å². The number of aromatic nitrogens is 2. The summed E-state index contributed by atoms with van der Waals surface area (Å²) in [6.45, 7) is 5.62. The molecule has 2 aromatic rings. The van der Waals surface area contributed by atoms with Crippen molar-refractivity contribution >= 4 is 17.5 Å². The lowest BCUT2D eigenvalue weighted by Gasteiger charge is -2.11. The molecule has 2 rings (SSSR count). The molecule has 1 heterocycles. The first-order valence-corrected chi connectivity index (χ1v) is 5.62. The molecule has 0 saturated heterocycles. The maximum absolute atomic E-state index is 11.2. The first-order chi connectivity index (χ1) is 8.50. The number of rotatable bonds is 3.